The first-order chi connectivity index (χ1) is 11.4. The number of carbonyl (C=O) groups excluding carboxylic acids is 1. The minimum absolute atomic E-state index is 0.0983. The molecule has 1 amide bonds. The van der Waals surface area contributed by atoms with E-state index in [-0.39, 0.29) is 4.90 Å². The topological polar surface area (TPSA) is 101 Å². The Kier molecular flexibility index (Phi) is 6.44. The lowest BCUT2D eigenvalue weighted by Crippen LogP contribution is -2.43. The lowest BCUT2D eigenvalue weighted by molar-refractivity contribution is -0.117. The van der Waals surface area contributed by atoms with Crippen molar-refractivity contribution in [3.63, 3.8) is 0 Å². The number of hydrogen-bond donors (Lipinski definition) is 2. The van der Waals surface area contributed by atoms with Gasteiger partial charge < -0.3 is 0 Å². The predicted octanol–water partition coefficient (Wildman–Crippen LogP) is 2.56. The fourth-order valence-corrected chi connectivity index (χ4v) is 4.06. The summed E-state index contributed by atoms with van der Waals surface area (Å²) in [4.78, 5) is 12.4. The van der Waals surface area contributed by atoms with Crippen LogP contribution in [0.4, 0.5) is 5.13 Å². The van der Waals surface area contributed by atoms with Crippen molar-refractivity contribution in [1.82, 2.24) is 14.9 Å². The predicted molar refractivity (Wildman–Crippen MR) is 96.5 cm³/mol. The Morgan fingerprint density at radius 1 is 1.25 bits per heavy atom. The van der Waals surface area contributed by atoms with Crippen molar-refractivity contribution in [3.8, 4) is 0 Å². The molecule has 24 heavy (non-hydrogen) atoms. The first-order valence-electron chi connectivity index (χ1n) is 7.26. The van der Waals surface area contributed by atoms with E-state index in [4.69, 9.17) is 0 Å². The van der Waals surface area contributed by atoms with E-state index < -0.39 is 22.0 Å². The number of benzene rings is 1. The van der Waals surface area contributed by atoms with E-state index in [1.807, 2.05) is 6.92 Å². The molecule has 0 aliphatic carbocycles. The Balaban J connectivity index is 2.09. The average molecular weight is 433 g/mol. The number of rotatable bonds is 7. The van der Waals surface area contributed by atoms with Crippen LogP contribution in [0, 0.1) is 0 Å². The Hall–Kier alpha value is -1.36. The molecule has 1 aromatic carbocycles. The third kappa shape index (κ3) is 4.82. The zero-order chi connectivity index (χ0) is 17.7. The highest BCUT2D eigenvalue weighted by Gasteiger charge is 2.25. The Morgan fingerprint density at radius 3 is 2.46 bits per heavy atom. The summed E-state index contributed by atoms with van der Waals surface area (Å²) in [6.07, 6.45) is 1.03. The van der Waals surface area contributed by atoms with Crippen LogP contribution in [0.25, 0.3) is 0 Å². The van der Waals surface area contributed by atoms with Crippen molar-refractivity contribution in [2.75, 3.05) is 5.32 Å². The molecule has 7 nitrogen and oxygen atoms in total. The number of hydrogen-bond acceptors (Lipinski definition) is 6. The molecular formula is C14H17BrN4O3S2. The van der Waals surface area contributed by atoms with Crippen LogP contribution in [-0.2, 0) is 21.2 Å². The van der Waals surface area contributed by atoms with Crippen molar-refractivity contribution in [1.29, 1.82) is 0 Å². The summed E-state index contributed by atoms with van der Waals surface area (Å²) in [7, 11) is -3.79. The van der Waals surface area contributed by atoms with Crippen molar-refractivity contribution in [2.45, 2.75) is 37.6 Å². The van der Waals surface area contributed by atoms with E-state index >= 15 is 0 Å². The molecule has 0 saturated heterocycles. The summed E-state index contributed by atoms with van der Waals surface area (Å²) < 4.78 is 28.0. The number of aryl methyl sites for hydroxylation is 1. The summed E-state index contributed by atoms with van der Waals surface area (Å²) in [5, 5.41) is 11.5. The standard InChI is InChI=1S/C14H17BrN4O3S2/c1-3-11(13(20)16-14-18-17-12(4-2)23-14)19-24(21,22)10-7-5-9(15)6-8-10/h5-8,11,19H,3-4H2,1-2H3,(H,16,18,20). The second-order valence-electron chi connectivity index (χ2n) is 4.88. The third-order valence-electron chi connectivity index (χ3n) is 3.15. The van der Waals surface area contributed by atoms with Crippen LogP contribution >= 0.6 is 27.3 Å². The first-order valence-corrected chi connectivity index (χ1v) is 10.4. The number of amides is 1. The Morgan fingerprint density at radius 2 is 1.92 bits per heavy atom. The summed E-state index contributed by atoms with van der Waals surface area (Å²) >= 11 is 4.52. The summed E-state index contributed by atoms with van der Waals surface area (Å²) in [5.41, 5.74) is 0. The van der Waals surface area contributed by atoms with Gasteiger partial charge in [-0.3, -0.25) is 10.1 Å². The smallest absolute Gasteiger partial charge is 0.244 e. The first kappa shape index (κ1) is 19.0. The van der Waals surface area contributed by atoms with Gasteiger partial charge in [0.25, 0.3) is 0 Å². The van der Waals surface area contributed by atoms with Crippen molar-refractivity contribution in [2.24, 2.45) is 0 Å². The van der Waals surface area contributed by atoms with Gasteiger partial charge in [0.2, 0.25) is 21.1 Å². The molecular weight excluding hydrogens is 416 g/mol. The lowest BCUT2D eigenvalue weighted by Gasteiger charge is -2.16. The number of nitrogens with one attached hydrogen (secondary N) is 2. The molecule has 0 spiro atoms. The monoisotopic (exact) mass is 432 g/mol. The van der Waals surface area contributed by atoms with Gasteiger partial charge in [0.05, 0.1) is 4.90 Å². The molecule has 0 radical (unpaired) electrons. The molecule has 0 aliphatic rings. The minimum Gasteiger partial charge on any atom is -0.299 e. The fraction of sp³-hybridized carbons (Fsp3) is 0.357. The maximum absolute atomic E-state index is 12.4. The summed E-state index contributed by atoms with van der Waals surface area (Å²) in [5.74, 6) is -0.461. The Labute approximate surface area is 153 Å². The molecule has 2 N–H and O–H groups in total. The molecule has 0 aliphatic heterocycles. The van der Waals surface area contributed by atoms with Gasteiger partial charge in [0, 0.05) is 4.47 Å². The average Bonchev–Trinajstić information content (AvgIpc) is 3.00. The summed E-state index contributed by atoms with van der Waals surface area (Å²) in [6.45, 7) is 3.67. The second-order valence-corrected chi connectivity index (χ2v) is 8.57. The van der Waals surface area contributed by atoms with Gasteiger partial charge in [-0.05, 0) is 37.1 Å². The highest BCUT2D eigenvalue weighted by molar-refractivity contribution is 9.10. The van der Waals surface area contributed by atoms with Gasteiger partial charge in [-0.25, -0.2) is 8.42 Å². The second kappa shape index (κ2) is 8.15. The van der Waals surface area contributed by atoms with E-state index in [1.54, 1.807) is 19.1 Å². The molecule has 130 valence electrons. The van der Waals surface area contributed by atoms with Gasteiger partial charge in [-0.1, -0.05) is 41.1 Å². The SMILES string of the molecule is CCc1nnc(NC(=O)C(CC)NS(=O)(=O)c2ccc(Br)cc2)s1. The molecule has 2 aromatic rings. The van der Waals surface area contributed by atoms with Crippen molar-refractivity contribution < 1.29 is 13.2 Å². The van der Waals surface area contributed by atoms with E-state index in [1.165, 1.54) is 23.5 Å². The summed E-state index contributed by atoms with van der Waals surface area (Å²) in [6, 6.07) is 5.30. The molecule has 1 unspecified atom stereocenters. The molecule has 0 bridgehead atoms. The van der Waals surface area contributed by atoms with E-state index in [2.05, 4.69) is 36.2 Å². The van der Waals surface area contributed by atoms with Crippen LogP contribution in [0.15, 0.2) is 33.6 Å². The molecule has 10 heteroatoms. The van der Waals surface area contributed by atoms with Crippen LogP contribution in [-0.4, -0.2) is 30.6 Å². The Bertz CT molecular complexity index is 806. The van der Waals surface area contributed by atoms with Crippen molar-refractivity contribution >= 4 is 48.3 Å². The lowest BCUT2D eigenvalue weighted by atomic mass is 10.2. The van der Waals surface area contributed by atoms with Gasteiger partial charge in [0.15, 0.2) is 0 Å². The van der Waals surface area contributed by atoms with E-state index in [9.17, 15) is 13.2 Å². The maximum Gasteiger partial charge on any atom is 0.244 e. The highest BCUT2D eigenvalue weighted by Crippen LogP contribution is 2.17. The van der Waals surface area contributed by atoms with Gasteiger partial charge >= 0.3 is 0 Å². The van der Waals surface area contributed by atoms with Gasteiger partial charge in [0.1, 0.15) is 11.0 Å². The number of anilines is 1. The zero-order valence-electron chi connectivity index (χ0n) is 13.1. The van der Waals surface area contributed by atoms with Gasteiger partial charge in [-0.15, -0.1) is 10.2 Å². The van der Waals surface area contributed by atoms with E-state index in [0.29, 0.717) is 11.6 Å². The number of nitrogens with zero attached hydrogens (tertiary/aromatic N) is 2. The van der Waals surface area contributed by atoms with Crippen LogP contribution in [0.3, 0.4) is 0 Å². The fourth-order valence-electron chi connectivity index (χ4n) is 1.83. The molecule has 1 atom stereocenters. The highest BCUT2D eigenvalue weighted by atomic mass is 79.9. The molecule has 0 fully saturated rings. The zero-order valence-corrected chi connectivity index (χ0v) is 16.3. The van der Waals surface area contributed by atoms with Crippen LogP contribution < -0.4 is 10.0 Å². The number of aromatic nitrogens is 2. The van der Waals surface area contributed by atoms with E-state index in [0.717, 1.165) is 15.9 Å². The molecule has 0 saturated carbocycles. The normalized spacial score (nSPS) is 12.8. The molecule has 2 rings (SSSR count). The maximum atomic E-state index is 12.4. The third-order valence-corrected chi connectivity index (χ3v) is 6.14. The molecule has 1 heterocycles. The number of carbonyl (C=O) groups is 1. The minimum atomic E-state index is -3.79. The largest absolute Gasteiger partial charge is 0.299 e. The molecule has 1 aromatic heterocycles. The van der Waals surface area contributed by atoms with Crippen LogP contribution in [0.1, 0.15) is 25.3 Å². The van der Waals surface area contributed by atoms with Crippen molar-refractivity contribution in [3.05, 3.63) is 33.7 Å². The van der Waals surface area contributed by atoms with Crippen LogP contribution in [0.2, 0.25) is 0 Å². The van der Waals surface area contributed by atoms with Crippen LogP contribution in [0.5, 0.6) is 0 Å². The number of sulfonamides is 1. The number of halogens is 1. The van der Waals surface area contributed by atoms with Gasteiger partial charge in [-0.2, -0.15) is 4.72 Å². The quantitative estimate of drug-likeness (QED) is 0.699.